The highest BCUT2D eigenvalue weighted by atomic mass is 32.2. The van der Waals surface area contributed by atoms with E-state index in [1.165, 1.54) is 0 Å². The number of hydrogen-bond acceptors (Lipinski definition) is 4. The Hall–Kier alpha value is -0.460. The molecule has 1 unspecified atom stereocenters. The minimum atomic E-state index is -0.807. The molecule has 112 valence electrons. The molecule has 1 heterocycles. The van der Waals surface area contributed by atoms with E-state index < -0.39 is 22.3 Å². The van der Waals surface area contributed by atoms with Crippen molar-refractivity contribution in [2.45, 2.75) is 38.6 Å². The monoisotopic (exact) mass is 290 g/mol. The molecule has 0 radical (unpaired) electrons. The zero-order valence-corrected chi connectivity index (χ0v) is 12.8. The second-order valence-electron chi connectivity index (χ2n) is 5.31. The van der Waals surface area contributed by atoms with Crippen LogP contribution in [0.15, 0.2) is 0 Å². The predicted molar refractivity (Wildman–Crippen MR) is 77.9 cm³/mol. The average Bonchev–Trinajstić information content (AvgIpc) is 2.37. The van der Waals surface area contributed by atoms with Gasteiger partial charge in [0, 0.05) is 35.4 Å². The van der Waals surface area contributed by atoms with Gasteiger partial charge < -0.3 is 15.3 Å². The van der Waals surface area contributed by atoms with Gasteiger partial charge >= 0.3 is 5.97 Å². The molecule has 0 amide bonds. The molecule has 0 spiro atoms. The number of nitrogens with zero attached hydrogens (tertiary/aromatic N) is 1. The Morgan fingerprint density at radius 2 is 2.00 bits per heavy atom. The minimum Gasteiger partial charge on any atom is -0.480 e. The average molecular weight is 290 g/mol. The van der Waals surface area contributed by atoms with E-state index in [1.54, 1.807) is 6.92 Å². The molecule has 6 heteroatoms. The fraction of sp³-hybridized carbons (Fsp3) is 0.923. The number of hydrogen-bond donors (Lipinski definition) is 2. The van der Waals surface area contributed by atoms with E-state index in [0.717, 1.165) is 44.0 Å². The summed E-state index contributed by atoms with van der Waals surface area (Å²) in [5, 5.41) is 12.3. The molecule has 1 aliphatic heterocycles. The van der Waals surface area contributed by atoms with Gasteiger partial charge in [-0.2, -0.15) is 0 Å². The number of rotatable bonds is 8. The van der Waals surface area contributed by atoms with E-state index in [-0.39, 0.29) is 0 Å². The van der Waals surface area contributed by atoms with Crippen LogP contribution in [0.4, 0.5) is 0 Å². The molecule has 19 heavy (non-hydrogen) atoms. The second kappa shape index (κ2) is 7.97. The van der Waals surface area contributed by atoms with E-state index in [0.29, 0.717) is 13.0 Å². The number of unbranched alkanes of at least 4 members (excludes halogenated alkanes) is 1. The summed E-state index contributed by atoms with van der Waals surface area (Å²) in [6, 6.07) is 0. The molecule has 1 saturated heterocycles. The van der Waals surface area contributed by atoms with Gasteiger partial charge in [0.05, 0.1) is 0 Å². The largest absolute Gasteiger partial charge is 0.480 e. The van der Waals surface area contributed by atoms with Crippen LogP contribution in [0.2, 0.25) is 0 Å². The Morgan fingerprint density at radius 3 is 2.53 bits per heavy atom. The topological polar surface area (TPSA) is 69.6 Å². The molecule has 0 aromatic rings. The van der Waals surface area contributed by atoms with Crippen molar-refractivity contribution in [2.75, 3.05) is 37.7 Å². The zero-order chi connectivity index (χ0) is 14.3. The molecule has 0 aromatic carbocycles. The molecule has 0 aliphatic carbocycles. The highest BCUT2D eigenvalue weighted by Crippen LogP contribution is 2.15. The normalized spacial score (nSPS) is 21.2. The van der Waals surface area contributed by atoms with Crippen LogP contribution >= 0.6 is 0 Å². The lowest BCUT2D eigenvalue weighted by Crippen LogP contribution is -2.49. The molecule has 0 bridgehead atoms. The third kappa shape index (κ3) is 5.58. The van der Waals surface area contributed by atoms with Crippen molar-refractivity contribution in [1.29, 1.82) is 0 Å². The zero-order valence-electron chi connectivity index (χ0n) is 12.0. The van der Waals surface area contributed by atoms with Gasteiger partial charge in [0.25, 0.3) is 0 Å². The first-order valence-corrected chi connectivity index (χ1v) is 8.52. The van der Waals surface area contributed by atoms with Crippen molar-refractivity contribution in [3.8, 4) is 0 Å². The number of nitrogens with one attached hydrogen (secondary N) is 1. The lowest BCUT2D eigenvalue weighted by atomic mass is 9.95. The van der Waals surface area contributed by atoms with E-state index in [4.69, 9.17) is 0 Å². The SMILES string of the molecule is CCNC(C)(CCCCN1CCS(=O)CC1)C(=O)O. The van der Waals surface area contributed by atoms with Crippen molar-refractivity contribution in [1.82, 2.24) is 10.2 Å². The Balaban J connectivity index is 2.22. The van der Waals surface area contributed by atoms with Crippen molar-refractivity contribution < 1.29 is 14.1 Å². The summed E-state index contributed by atoms with van der Waals surface area (Å²) in [7, 11) is -0.621. The first kappa shape index (κ1) is 16.6. The standard InChI is InChI=1S/C13H26N2O3S/c1-3-14-13(2,12(16)17)6-4-5-7-15-8-10-19(18)11-9-15/h14H,3-11H2,1-2H3,(H,16,17). The molecule has 0 saturated carbocycles. The smallest absolute Gasteiger partial charge is 0.323 e. The highest BCUT2D eigenvalue weighted by Gasteiger charge is 2.31. The van der Waals surface area contributed by atoms with Gasteiger partial charge in [0.2, 0.25) is 0 Å². The van der Waals surface area contributed by atoms with Crippen molar-refractivity contribution in [3.05, 3.63) is 0 Å². The fourth-order valence-corrected chi connectivity index (χ4v) is 3.50. The Kier molecular flexibility index (Phi) is 6.96. The first-order chi connectivity index (χ1) is 8.98. The Labute approximate surface area is 118 Å². The molecule has 1 rings (SSSR count). The summed E-state index contributed by atoms with van der Waals surface area (Å²) in [5.74, 6) is 0.789. The van der Waals surface area contributed by atoms with Crippen molar-refractivity contribution >= 4 is 16.8 Å². The molecular weight excluding hydrogens is 264 g/mol. The summed E-state index contributed by atoms with van der Waals surface area (Å²) < 4.78 is 11.2. The van der Waals surface area contributed by atoms with Gasteiger partial charge in [-0.1, -0.05) is 6.92 Å². The first-order valence-electron chi connectivity index (χ1n) is 7.03. The fourth-order valence-electron chi connectivity index (χ4n) is 2.37. The minimum absolute atomic E-state index is 0.621. The summed E-state index contributed by atoms with van der Waals surface area (Å²) >= 11 is 0. The number of likely N-dealkylation sites (N-methyl/N-ethyl adjacent to an activating group) is 1. The molecule has 2 N–H and O–H groups in total. The van der Waals surface area contributed by atoms with E-state index in [2.05, 4.69) is 10.2 Å². The van der Waals surface area contributed by atoms with Crippen LogP contribution in [0.25, 0.3) is 0 Å². The van der Waals surface area contributed by atoms with Crippen LogP contribution in [-0.4, -0.2) is 63.4 Å². The lowest BCUT2D eigenvalue weighted by Gasteiger charge is -2.28. The van der Waals surface area contributed by atoms with E-state index >= 15 is 0 Å². The van der Waals surface area contributed by atoms with Crippen LogP contribution in [0.3, 0.4) is 0 Å². The molecule has 5 nitrogen and oxygen atoms in total. The summed E-state index contributed by atoms with van der Waals surface area (Å²) in [6.45, 7) is 7.16. The van der Waals surface area contributed by atoms with Gasteiger partial charge in [-0.15, -0.1) is 0 Å². The Bertz CT molecular complexity index is 315. The summed E-state index contributed by atoms with van der Waals surface area (Å²) in [5.41, 5.74) is -0.807. The van der Waals surface area contributed by atoms with Gasteiger partial charge in [-0.25, -0.2) is 0 Å². The van der Waals surface area contributed by atoms with Crippen LogP contribution in [0.1, 0.15) is 33.1 Å². The van der Waals surface area contributed by atoms with Crippen LogP contribution in [0, 0.1) is 0 Å². The Morgan fingerprint density at radius 1 is 1.37 bits per heavy atom. The third-order valence-corrected chi connectivity index (χ3v) is 4.99. The van der Waals surface area contributed by atoms with E-state index in [9.17, 15) is 14.1 Å². The maximum absolute atomic E-state index is 11.2. The van der Waals surface area contributed by atoms with Crippen LogP contribution < -0.4 is 5.32 Å². The quantitative estimate of drug-likeness (QED) is 0.643. The molecule has 1 aliphatic rings. The highest BCUT2D eigenvalue weighted by molar-refractivity contribution is 7.85. The van der Waals surface area contributed by atoms with Crippen molar-refractivity contribution in [3.63, 3.8) is 0 Å². The van der Waals surface area contributed by atoms with Gasteiger partial charge in [0.15, 0.2) is 0 Å². The molecule has 1 atom stereocenters. The van der Waals surface area contributed by atoms with Crippen molar-refractivity contribution in [2.24, 2.45) is 0 Å². The maximum Gasteiger partial charge on any atom is 0.323 e. The lowest BCUT2D eigenvalue weighted by molar-refractivity contribution is -0.144. The van der Waals surface area contributed by atoms with Gasteiger partial charge in [-0.05, 0) is 39.3 Å². The maximum atomic E-state index is 11.2. The number of carbonyl (C=O) groups is 1. The number of aliphatic carboxylic acids is 1. The predicted octanol–water partition coefficient (Wildman–Crippen LogP) is 0.674. The molecule has 0 aromatic heterocycles. The number of carboxylic acids is 1. The third-order valence-electron chi connectivity index (χ3n) is 3.71. The van der Waals surface area contributed by atoms with Gasteiger partial charge in [0.1, 0.15) is 5.54 Å². The molecule has 1 fully saturated rings. The van der Waals surface area contributed by atoms with Crippen LogP contribution in [0.5, 0.6) is 0 Å². The van der Waals surface area contributed by atoms with Gasteiger partial charge in [-0.3, -0.25) is 9.00 Å². The summed E-state index contributed by atoms with van der Waals surface area (Å²) in [4.78, 5) is 13.6. The molecular formula is C13H26N2O3S. The van der Waals surface area contributed by atoms with Crippen LogP contribution in [-0.2, 0) is 15.6 Å². The number of carboxylic acid groups (broad SMARTS) is 1. The second-order valence-corrected chi connectivity index (χ2v) is 7.01. The summed E-state index contributed by atoms with van der Waals surface area (Å²) in [6.07, 6.45) is 2.55. The van der Waals surface area contributed by atoms with E-state index in [1.807, 2.05) is 6.92 Å².